The number of nitrogens with zero attached hydrogens (tertiary/aromatic N) is 3. The molecule has 27 heavy (non-hydrogen) atoms. The van der Waals surface area contributed by atoms with E-state index in [-0.39, 0.29) is 5.91 Å². The molecule has 0 unspecified atom stereocenters. The Balaban J connectivity index is 1.37. The first kappa shape index (κ1) is 18.0. The van der Waals surface area contributed by atoms with Gasteiger partial charge in [0, 0.05) is 17.9 Å². The maximum absolute atomic E-state index is 12.6. The van der Waals surface area contributed by atoms with Gasteiger partial charge in [0.05, 0.1) is 5.75 Å². The molecule has 0 saturated heterocycles. The normalized spacial score (nSPS) is 12.9. The number of thioether (sulfide) groups is 1. The number of nitrogens with one attached hydrogen (secondary N) is 1. The fourth-order valence-electron chi connectivity index (χ4n) is 3.19. The van der Waals surface area contributed by atoms with E-state index in [0.717, 1.165) is 33.8 Å². The van der Waals surface area contributed by atoms with Gasteiger partial charge in [-0.05, 0) is 43.5 Å². The first-order chi connectivity index (χ1) is 13.1. The van der Waals surface area contributed by atoms with E-state index >= 15 is 0 Å². The van der Waals surface area contributed by atoms with Crippen molar-refractivity contribution >= 4 is 45.5 Å². The van der Waals surface area contributed by atoms with E-state index in [1.54, 1.807) is 0 Å². The van der Waals surface area contributed by atoms with Gasteiger partial charge in [0.15, 0.2) is 4.34 Å². The maximum Gasteiger partial charge on any atom is 0.237 e. The largest absolute Gasteiger partial charge is 0.330 e. The molecule has 1 N–H and O–H groups in total. The molecule has 4 rings (SSSR count). The second kappa shape index (κ2) is 7.70. The van der Waals surface area contributed by atoms with E-state index < -0.39 is 0 Å². The Kier molecular flexibility index (Phi) is 5.13. The van der Waals surface area contributed by atoms with Crippen LogP contribution in [0.25, 0.3) is 0 Å². The Labute approximate surface area is 166 Å². The molecule has 0 aliphatic carbocycles. The minimum absolute atomic E-state index is 0.115. The minimum Gasteiger partial charge on any atom is -0.330 e. The lowest BCUT2D eigenvalue weighted by Crippen LogP contribution is -2.30. The number of para-hydroxylation sites is 1. The average molecular weight is 397 g/mol. The number of benzene rings is 2. The Morgan fingerprint density at radius 1 is 1.22 bits per heavy atom. The second-order valence-electron chi connectivity index (χ2n) is 6.53. The number of hydrogen-bond acceptors (Lipinski definition) is 6. The zero-order chi connectivity index (χ0) is 18.8. The summed E-state index contributed by atoms with van der Waals surface area (Å²) >= 11 is 2.91. The zero-order valence-electron chi connectivity index (χ0n) is 15.2. The molecule has 5 nitrogen and oxygen atoms in total. The van der Waals surface area contributed by atoms with Crippen LogP contribution in [0.5, 0.6) is 0 Å². The molecular weight excluding hydrogens is 376 g/mol. The molecular formula is C20H20N4OS2. The van der Waals surface area contributed by atoms with Crippen LogP contribution in [0.1, 0.15) is 16.7 Å². The van der Waals surface area contributed by atoms with Crippen molar-refractivity contribution in [3.8, 4) is 0 Å². The summed E-state index contributed by atoms with van der Waals surface area (Å²) in [5.41, 5.74) is 5.71. The van der Waals surface area contributed by atoms with Crippen LogP contribution in [-0.2, 0) is 11.2 Å². The van der Waals surface area contributed by atoms with Gasteiger partial charge in [0.1, 0.15) is 0 Å². The molecule has 0 fully saturated rings. The topological polar surface area (TPSA) is 58.1 Å². The first-order valence-corrected chi connectivity index (χ1v) is 10.6. The highest BCUT2D eigenvalue weighted by molar-refractivity contribution is 8.01. The molecule has 0 spiro atoms. The lowest BCUT2D eigenvalue weighted by Gasteiger charge is -2.16. The van der Waals surface area contributed by atoms with Gasteiger partial charge in [-0.15, -0.1) is 10.2 Å². The highest BCUT2D eigenvalue weighted by Crippen LogP contribution is 2.31. The van der Waals surface area contributed by atoms with Crippen molar-refractivity contribution in [2.24, 2.45) is 0 Å². The van der Waals surface area contributed by atoms with Gasteiger partial charge in [-0.3, -0.25) is 4.79 Å². The average Bonchev–Trinajstić information content (AvgIpc) is 3.29. The molecule has 1 aliphatic heterocycles. The Morgan fingerprint density at radius 2 is 2.07 bits per heavy atom. The fourth-order valence-corrected chi connectivity index (χ4v) is 4.83. The number of fused-ring (bicyclic) bond motifs is 1. The van der Waals surface area contributed by atoms with Crippen molar-refractivity contribution < 1.29 is 4.79 Å². The highest BCUT2D eigenvalue weighted by atomic mass is 32.2. The van der Waals surface area contributed by atoms with E-state index in [1.807, 2.05) is 29.2 Å². The number of carbonyl (C=O) groups is 1. The maximum atomic E-state index is 12.6. The van der Waals surface area contributed by atoms with Crippen molar-refractivity contribution in [2.45, 2.75) is 24.6 Å². The molecule has 2 heterocycles. The molecule has 0 radical (unpaired) electrons. The Morgan fingerprint density at radius 3 is 2.93 bits per heavy atom. The van der Waals surface area contributed by atoms with Gasteiger partial charge < -0.3 is 10.2 Å². The lowest BCUT2D eigenvalue weighted by atomic mass is 10.1. The number of rotatable bonds is 5. The number of anilines is 3. The molecule has 7 heteroatoms. The molecule has 0 atom stereocenters. The van der Waals surface area contributed by atoms with Crippen LogP contribution in [-0.4, -0.2) is 28.4 Å². The van der Waals surface area contributed by atoms with Crippen molar-refractivity contribution in [3.05, 3.63) is 59.2 Å². The standard InChI is InChI=1S/C20H20N4OS2/c1-13-7-8-16(14(2)11-13)21-19-22-23-20(27-19)26-12-18(25)24-10-9-15-5-3-4-6-17(15)24/h3-8,11H,9-10,12H2,1-2H3,(H,21,22). The first-order valence-electron chi connectivity index (χ1n) is 8.79. The number of hydrogen-bond donors (Lipinski definition) is 1. The van der Waals surface area contributed by atoms with Crippen LogP contribution < -0.4 is 10.2 Å². The third kappa shape index (κ3) is 3.99. The summed E-state index contributed by atoms with van der Waals surface area (Å²) in [7, 11) is 0. The molecule has 1 amide bonds. The molecule has 2 aromatic carbocycles. The molecule has 3 aromatic rings. The van der Waals surface area contributed by atoms with Crippen LogP contribution in [0.15, 0.2) is 46.8 Å². The second-order valence-corrected chi connectivity index (χ2v) is 8.73. The Bertz CT molecular complexity index is 986. The molecule has 1 aliphatic rings. The number of carbonyl (C=O) groups excluding carboxylic acids is 1. The third-order valence-electron chi connectivity index (χ3n) is 4.54. The van der Waals surface area contributed by atoms with Gasteiger partial charge in [0.2, 0.25) is 11.0 Å². The van der Waals surface area contributed by atoms with Crippen LogP contribution >= 0.6 is 23.1 Å². The smallest absolute Gasteiger partial charge is 0.237 e. The van der Waals surface area contributed by atoms with Crippen molar-refractivity contribution in [3.63, 3.8) is 0 Å². The summed E-state index contributed by atoms with van der Waals surface area (Å²) in [4.78, 5) is 14.5. The summed E-state index contributed by atoms with van der Waals surface area (Å²) in [6.07, 6.45) is 0.926. The van der Waals surface area contributed by atoms with Gasteiger partial charge >= 0.3 is 0 Å². The van der Waals surface area contributed by atoms with Crippen molar-refractivity contribution in [2.75, 3.05) is 22.5 Å². The van der Waals surface area contributed by atoms with Gasteiger partial charge in [-0.25, -0.2) is 0 Å². The van der Waals surface area contributed by atoms with Gasteiger partial charge in [0.25, 0.3) is 0 Å². The summed E-state index contributed by atoms with van der Waals surface area (Å²) < 4.78 is 0.795. The van der Waals surface area contributed by atoms with E-state index in [4.69, 9.17) is 0 Å². The van der Waals surface area contributed by atoms with Crippen LogP contribution in [0, 0.1) is 13.8 Å². The number of amides is 1. The zero-order valence-corrected chi connectivity index (χ0v) is 16.9. The summed E-state index contributed by atoms with van der Waals surface area (Å²) in [6.45, 7) is 4.90. The minimum atomic E-state index is 0.115. The SMILES string of the molecule is Cc1ccc(Nc2nnc(SCC(=O)N3CCc4ccccc43)s2)c(C)c1. The summed E-state index contributed by atoms with van der Waals surface area (Å²) in [6, 6.07) is 14.4. The van der Waals surface area contributed by atoms with E-state index in [2.05, 4.69) is 47.6 Å². The van der Waals surface area contributed by atoms with Crippen molar-refractivity contribution in [1.29, 1.82) is 0 Å². The van der Waals surface area contributed by atoms with E-state index in [9.17, 15) is 4.79 Å². The molecule has 0 saturated carbocycles. The van der Waals surface area contributed by atoms with Crippen LogP contribution in [0.4, 0.5) is 16.5 Å². The molecule has 0 bridgehead atoms. The number of aryl methyl sites for hydroxylation is 2. The highest BCUT2D eigenvalue weighted by Gasteiger charge is 2.24. The molecule has 138 valence electrons. The quantitative estimate of drug-likeness (QED) is 0.640. The lowest BCUT2D eigenvalue weighted by molar-refractivity contribution is -0.116. The van der Waals surface area contributed by atoms with E-state index in [1.165, 1.54) is 39.8 Å². The summed E-state index contributed by atoms with van der Waals surface area (Å²) in [5.74, 6) is 0.482. The van der Waals surface area contributed by atoms with Gasteiger partial charge in [-0.2, -0.15) is 0 Å². The fraction of sp³-hybridized carbons (Fsp3) is 0.250. The molecule has 1 aromatic heterocycles. The van der Waals surface area contributed by atoms with E-state index in [0.29, 0.717) is 5.75 Å². The van der Waals surface area contributed by atoms with Crippen molar-refractivity contribution in [1.82, 2.24) is 10.2 Å². The predicted octanol–water partition coefficient (Wildman–Crippen LogP) is 4.58. The third-order valence-corrected chi connectivity index (χ3v) is 6.49. The Hall–Kier alpha value is -2.38. The number of aromatic nitrogens is 2. The predicted molar refractivity (Wildman–Crippen MR) is 112 cm³/mol. The van der Waals surface area contributed by atoms with Gasteiger partial charge in [-0.1, -0.05) is 59.0 Å². The summed E-state index contributed by atoms with van der Waals surface area (Å²) in [5, 5.41) is 12.4. The van der Waals surface area contributed by atoms with Crippen LogP contribution in [0.2, 0.25) is 0 Å². The van der Waals surface area contributed by atoms with Crippen LogP contribution in [0.3, 0.4) is 0 Å². The monoisotopic (exact) mass is 396 g/mol.